The van der Waals surface area contributed by atoms with Gasteiger partial charge >= 0.3 is 5.97 Å². The predicted octanol–water partition coefficient (Wildman–Crippen LogP) is 3.02. The van der Waals surface area contributed by atoms with Crippen LogP contribution >= 0.6 is 0 Å². The number of halogens is 1. The zero-order chi connectivity index (χ0) is 17.6. The van der Waals surface area contributed by atoms with Gasteiger partial charge in [-0.2, -0.15) is 0 Å². The van der Waals surface area contributed by atoms with Crippen molar-refractivity contribution in [3.63, 3.8) is 0 Å². The molecule has 1 aliphatic rings. The summed E-state index contributed by atoms with van der Waals surface area (Å²) in [6, 6.07) is 7.86. The highest BCUT2D eigenvalue weighted by Crippen LogP contribution is 2.19. The molecule has 0 unspecified atom stereocenters. The fourth-order valence-corrected chi connectivity index (χ4v) is 3.08. The van der Waals surface area contributed by atoms with E-state index in [2.05, 4.69) is 15.2 Å². The van der Waals surface area contributed by atoms with Crippen LogP contribution in [0.5, 0.6) is 0 Å². The number of nitrogens with zero attached hydrogens (tertiary/aromatic N) is 2. The number of nitrogens with one attached hydrogen (secondary N) is 1. The van der Waals surface area contributed by atoms with E-state index in [1.807, 2.05) is 0 Å². The molecule has 0 atom stereocenters. The first-order valence-corrected chi connectivity index (χ1v) is 8.55. The van der Waals surface area contributed by atoms with Gasteiger partial charge in [-0.1, -0.05) is 12.1 Å². The van der Waals surface area contributed by atoms with E-state index in [1.165, 1.54) is 31.2 Å². The number of hydrogen-bond acceptors (Lipinski definition) is 4. The summed E-state index contributed by atoms with van der Waals surface area (Å²) in [7, 11) is 0. The Bertz CT molecular complexity index is 728. The number of carboxylic acid groups (broad SMARTS) is 1. The number of aromatic nitrogens is 1. The Balaban J connectivity index is 1.73. The summed E-state index contributed by atoms with van der Waals surface area (Å²) in [6.45, 7) is 3.97. The minimum absolute atomic E-state index is 0.155. The molecule has 0 amide bonds. The van der Waals surface area contributed by atoms with Gasteiger partial charge in [0.05, 0.1) is 5.56 Å². The molecule has 1 aromatic heterocycles. The molecule has 0 saturated carbocycles. The van der Waals surface area contributed by atoms with Crippen LogP contribution in [0.25, 0.3) is 0 Å². The molecular weight excluding hydrogens is 321 g/mol. The Morgan fingerprint density at radius 2 is 1.96 bits per heavy atom. The zero-order valence-electron chi connectivity index (χ0n) is 14.0. The van der Waals surface area contributed by atoms with Crippen LogP contribution in [0.2, 0.25) is 0 Å². The lowest BCUT2D eigenvalue weighted by molar-refractivity contribution is 0.0696. The van der Waals surface area contributed by atoms with Crippen LogP contribution < -0.4 is 5.32 Å². The highest BCUT2D eigenvalue weighted by molar-refractivity contribution is 5.87. The molecule has 2 heterocycles. The molecule has 1 aromatic carbocycles. The third-order valence-corrected chi connectivity index (χ3v) is 4.44. The minimum Gasteiger partial charge on any atom is -0.478 e. The molecule has 2 N–H and O–H groups in total. The first kappa shape index (κ1) is 17.4. The first-order chi connectivity index (χ1) is 12.1. The van der Waals surface area contributed by atoms with Crippen molar-refractivity contribution in [3.8, 4) is 0 Å². The average molecular weight is 343 g/mol. The summed E-state index contributed by atoms with van der Waals surface area (Å²) < 4.78 is 13.1. The van der Waals surface area contributed by atoms with Crippen molar-refractivity contribution >= 4 is 11.8 Å². The maximum atomic E-state index is 13.1. The highest BCUT2D eigenvalue weighted by atomic mass is 19.1. The van der Waals surface area contributed by atoms with E-state index < -0.39 is 5.97 Å². The number of aromatic carboxylic acids is 1. The Kier molecular flexibility index (Phi) is 5.60. The van der Waals surface area contributed by atoms with Crippen molar-refractivity contribution in [1.29, 1.82) is 0 Å². The molecule has 0 spiro atoms. The predicted molar refractivity (Wildman–Crippen MR) is 94.6 cm³/mol. The third-order valence-electron chi connectivity index (χ3n) is 4.44. The van der Waals surface area contributed by atoms with Gasteiger partial charge in [-0.3, -0.25) is 0 Å². The lowest BCUT2D eigenvalue weighted by Gasteiger charge is -2.17. The Hall–Kier alpha value is -2.47. The number of pyridine rings is 1. The number of anilines is 1. The molecule has 0 bridgehead atoms. The number of carbonyl (C=O) groups is 1. The Morgan fingerprint density at radius 3 is 2.64 bits per heavy atom. The Morgan fingerprint density at radius 1 is 1.24 bits per heavy atom. The van der Waals surface area contributed by atoms with Crippen LogP contribution in [0.1, 0.15) is 34.3 Å². The number of likely N-dealkylation sites (tertiary alicyclic amines) is 1. The van der Waals surface area contributed by atoms with Crippen LogP contribution in [-0.2, 0) is 6.42 Å². The molecule has 6 heteroatoms. The van der Waals surface area contributed by atoms with E-state index in [1.54, 1.807) is 18.2 Å². The average Bonchev–Trinajstić information content (AvgIpc) is 3.11. The molecule has 1 saturated heterocycles. The van der Waals surface area contributed by atoms with Crippen LogP contribution in [-0.4, -0.2) is 47.1 Å². The van der Waals surface area contributed by atoms with Crippen molar-refractivity contribution in [2.45, 2.75) is 19.3 Å². The second-order valence-electron chi connectivity index (χ2n) is 6.32. The summed E-state index contributed by atoms with van der Waals surface area (Å²) in [5.41, 5.74) is 1.86. The molecule has 132 valence electrons. The first-order valence-electron chi connectivity index (χ1n) is 8.55. The molecule has 2 aromatic rings. The number of hydrogen-bond donors (Lipinski definition) is 2. The number of benzene rings is 1. The topological polar surface area (TPSA) is 65.5 Å². The largest absolute Gasteiger partial charge is 0.478 e. The molecule has 1 fully saturated rings. The van der Waals surface area contributed by atoms with Crippen molar-refractivity contribution < 1.29 is 14.3 Å². The van der Waals surface area contributed by atoms with Gasteiger partial charge in [0.25, 0.3) is 0 Å². The van der Waals surface area contributed by atoms with Gasteiger partial charge in [0.15, 0.2) is 0 Å². The Labute approximate surface area is 146 Å². The monoisotopic (exact) mass is 343 g/mol. The molecule has 3 rings (SSSR count). The third kappa shape index (κ3) is 4.76. The van der Waals surface area contributed by atoms with E-state index in [0.717, 1.165) is 37.3 Å². The van der Waals surface area contributed by atoms with E-state index in [4.69, 9.17) is 0 Å². The molecular formula is C19H22FN3O2. The molecule has 5 nitrogen and oxygen atoms in total. The van der Waals surface area contributed by atoms with Crippen molar-refractivity contribution in [2.75, 3.05) is 31.5 Å². The van der Waals surface area contributed by atoms with Gasteiger partial charge in [-0.25, -0.2) is 14.2 Å². The maximum Gasteiger partial charge on any atom is 0.337 e. The molecule has 25 heavy (non-hydrogen) atoms. The van der Waals surface area contributed by atoms with Gasteiger partial charge in [0.1, 0.15) is 11.6 Å². The second-order valence-corrected chi connectivity index (χ2v) is 6.32. The summed E-state index contributed by atoms with van der Waals surface area (Å²) in [4.78, 5) is 17.9. The van der Waals surface area contributed by atoms with E-state index >= 15 is 0 Å². The zero-order valence-corrected chi connectivity index (χ0v) is 14.0. The molecule has 0 aliphatic carbocycles. The normalized spacial score (nSPS) is 14.6. The maximum absolute atomic E-state index is 13.1. The molecule has 1 aliphatic heterocycles. The number of rotatable bonds is 7. The minimum atomic E-state index is -1.00. The summed E-state index contributed by atoms with van der Waals surface area (Å²) >= 11 is 0. The summed E-state index contributed by atoms with van der Waals surface area (Å²) in [6.07, 6.45) is 4.37. The van der Waals surface area contributed by atoms with Crippen LogP contribution in [0.15, 0.2) is 36.5 Å². The fourth-order valence-electron chi connectivity index (χ4n) is 3.08. The summed E-state index contributed by atoms with van der Waals surface area (Å²) in [5.74, 6) is -0.602. The van der Waals surface area contributed by atoms with Crippen LogP contribution in [0.4, 0.5) is 10.2 Å². The highest BCUT2D eigenvalue weighted by Gasteiger charge is 2.13. The number of carboxylic acids is 1. The van der Waals surface area contributed by atoms with Crippen molar-refractivity contribution in [3.05, 3.63) is 59.0 Å². The van der Waals surface area contributed by atoms with Crippen molar-refractivity contribution in [1.82, 2.24) is 9.88 Å². The van der Waals surface area contributed by atoms with E-state index in [9.17, 15) is 14.3 Å². The van der Waals surface area contributed by atoms with Gasteiger partial charge in [-0.05, 0) is 55.3 Å². The quantitative estimate of drug-likeness (QED) is 0.809. The van der Waals surface area contributed by atoms with Gasteiger partial charge in [0, 0.05) is 25.7 Å². The second kappa shape index (κ2) is 8.07. The van der Waals surface area contributed by atoms with Crippen LogP contribution in [0.3, 0.4) is 0 Å². The fraction of sp³-hybridized carbons (Fsp3) is 0.368. The molecule has 0 radical (unpaired) electrons. The standard InChI is InChI=1S/C19H22FN3O2/c20-17-5-3-14(4-6-17)11-15-12-16(19(24)25)13-22-18(15)21-7-10-23-8-1-2-9-23/h3-6,12-13H,1-2,7-11H2,(H,21,22)(H,24,25). The van der Waals surface area contributed by atoms with Gasteiger partial charge < -0.3 is 15.3 Å². The lowest BCUT2D eigenvalue weighted by atomic mass is 10.0. The summed E-state index contributed by atoms with van der Waals surface area (Å²) in [5, 5.41) is 12.5. The van der Waals surface area contributed by atoms with Gasteiger partial charge in [0.2, 0.25) is 0 Å². The van der Waals surface area contributed by atoms with Gasteiger partial charge in [-0.15, -0.1) is 0 Å². The lowest BCUT2D eigenvalue weighted by Crippen LogP contribution is -2.26. The van der Waals surface area contributed by atoms with E-state index in [0.29, 0.717) is 12.2 Å². The SMILES string of the molecule is O=C(O)c1cnc(NCCN2CCCC2)c(Cc2ccc(F)cc2)c1. The van der Waals surface area contributed by atoms with E-state index in [-0.39, 0.29) is 11.4 Å². The smallest absolute Gasteiger partial charge is 0.337 e. The van der Waals surface area contributed by atoms with Crippen molar-refractivity contribution in [2.24, 2.45) is 0 Å². The van der Waals surface area contributed by atoms with Crippen LogP contribution in [0, 0.1) is 5.82 Å².